The van der Waals surface area contributed by atoms with Gasteiger partial charge >= 0.3 is 0 Å². The van der Waals surface area contributed by atoms with Crippen molar-refractivity contribution in [1.82, 2.24) is 20.1 Å². The number of nitrogens with two attached hydrogens (primary N) is 1. The zero-order valence-electron chi connectivity index (χ0n) is 12.2. The van der Waals surface area contributed by atoms with Gasteiger partial charge in [-0.2, -0.15) is 4.98 Å². The van der Waals surface area contributed by atoms with E-state index in [4.69, 9.17) is 10.5 Å². The highest BCUT2D eigenvalue weighted by atomic mass is 32.2. The summed E-state index contributed by atoms with van der Waals surface area (Å²) in [4.78, 5) is 18.0. The van der Waals surface area contributed by atoms with E-state index in [9.17, 15) is 9.18 Å². The van der Waals surface area contributed by atoms with E-state index in [0.717, 1.165) is 5.56 Å². The standard InChI is InChI=1S/C14H16FN5O2S/c15-10-3-1-9(2-4-10)11-7-20(5-6-22-11)12(21)8-23-14-17-13(16)18-19-14/h1-4,11H,5-8H2,(H3,16,17,18,19). The zero-order chi connectivity index (χ0) is 16.2. The van der Waals surface area contributed by atoms with Gasteiger partial charge in [0.05, 0.1) is 18.9 Å². The lowest BCUT2D eigenvalue weighted by Gasteiger charge is -2.33. The molecule has 3 rings (SSSR count). The molecule has 0 radical (unpaired) electrons. The second kappa shape index (κ2) is 6.97. The zero-order valence-corrected chi connectivity index (χ0v) is 13.1. The normalized spacial score (nSPS) is 18.1. The van der Waals surface area contributed by atoms with Crippen molar-refractivity contribution >= 4 is 23.6 Å². The molecule has 23 heavy (non-hydrogen) atoms. The number of thioether (sulfide) groups is 1. The smallest absolute Gasteiger partial charge is 0.233 e. The third kappa shape index (κ3) is 3.99. The highest BCUT2D eigenvalue weighted by Crippen LogP contribution is 2.23. The summed E-state index contributed by atoms with van der Waals surface area (Å²) in [6, 6.07) is 6.14. The molecule has 1 saturated heterocycles. The van der Waals surface area contributed by atoms with Crippen LogP contribution in [0, 0.1) is 5.82 Å². The van der Waals surface area contributed by atoms with E-state index in [1.165, 1.54) is 23.9 Å². The van der Waals surface area contributed by atoms with Crippen LogP contribution >= 0.6 is 11.8 Å². The Labute approximate surface area is 136 Å². The largest absolute Gasteiger partial charge is 0.370 e. The van der Waals surface area contributed by atoms with Gasteiger partial charge in [-0.3, -0.25) is 4.79 Å². The predicted octanol–water partition coefficient (Wildman–Crippen LogP) is 1.22. The highest BCUT2D eigenvalue weighted by Gasteiger charge is 2.25. The molecule has 1 amide bonds. The molecule has 3 N–H and O–H groups in total. The van der Waals surface area contributed by atoms with Gasteiger partial charge in [0, 0.05) is 6.54 Å². The first-order valence-electron chi connectivity index (χ1n) is 7.07. The molecule has 9 heteroatoms. The molecule has 1 fully saturated rings. The van der Waals surface area contributed by atoms with E-state index in [1.807, 2.05) is 0 Å². The Balaban J connectivity index is 1.57. The molecule has 1 unspecified atom stereocenters. The maximum Gasteiger partial charge on any atom is 0.233 e. The first-order valence-corrected chi connectivity index (χ1v) is 8.06. The van der Waals surface area contributed by atoms with Gasteiger partial charge in [0.25, 0.3) is 0 Å². The minimum Gasteiger partial charge on any atom is -0.370 e. The number of benzene rings is 1. The third-order valence-corrected chi connectivity index (χ3v) is 4.30. The maximum atomic E-state index is 13.0. The Morgan fingerprint density at radius 1 is 1.48 bits per heavy atom. The number of nitrogens with one attached hydrogen (secondary N) is 1. The molecule has 0 aliphatic carbocycles. The third-order valence-electron chi connectivity index (χ3n) is 3.47. The summed E-state index contributed by atoms with van der Waals surface area (Å²) in [6.07, 6.45) is -0.238. The summed E-state index contributed by atoms with van der Waals surface area (Å²) in [6.45, 7) is 1.43. The second-order valence-electron chi connectivity index (χ2n) is 5.04. The number of morpholine rings is 1. The molecule has 2 heterocycles. The predicted molar refractivity (Wildman–Crippen MR) is 83.2 cm³/mol. The number of carbonyl (C=O) groups is 1. The van der Waals surface area contributed by atoms with Crippen molar-refractivity contribution in [3.63, 3.8) is 0 Å². The van der Waals surface area contributed by atoms with Crippen molar-refractivity contribution in [1.29, 1.82) is 0 Å². The summed E-state index contributed by atoms with van der Waals surface area (Å²) >= 11 is 1.23. The molecular weight excluding hydrogens is 321 g/mol. The van der Waals surface area contributed by atoms with Crippen molar-refractivity contribution in [3.8, 4) is 0 Å². The number of ether oxygens (including phenoxy) is 1. The summed E-state index contributed by atoms with van der Waals surface area (Å²) in [5, 5.41) is 6.84. The number of amides is 1. The number of hydrogen-bond donors (Lipinski definition) is 2. The number of nitrogens with zero attached hydrogens (tertiary/aromatic N) is 3. The average Bonchev–Trinajstić information content (AvgIpc) is 2.99. The summed E-state index contributed by atoms with van der Waals surface area (Å²) in [5.41, 5.74) is 6.30. The fourth-order valence-corrected chi connectivity index (χ4v) is 3.00. The molecule has 2 aromatic rings. The lowest BCUT2D eigenvalue weighted by atomic mass is 10.1. The van der Waals surface area contributed by atoms with E-state index in [2.05, 4.69) is 15.2 Å². The topological polar surface area (TPSA) is 97.1 Å². The van der Waals surface area contributed by atoms with Crippen molar-refractivity contribution in [2.75, 3.05) is 31.2 Å². The van der Waals surface area contributed by atoms with E-state index < -0.39 is 0 Å². The lowest BCUT2D eigenvalue weighted by molar-refractivity contribution is -0.136. The maximum absolute atomic E-state index is 13.0. The van der Waals surface area contributed by atoms with Gasteiger partial charge in [0.1, 0.15) is 11.9 Å². The molecule has 1 aromatic heterocycles. The van der Waals surface area contributed by atoms with Crippen LogP contribution in [0.4, 0.5) is 10.3 Å². The second-order valence-corrected chi connectivity index (χ2v) is 5.99. The quantitative estimate of drug-likeness (QED) is 0.814. The molecular formula is C14H16FN5O2S. The molecule has 1 aliphatic heterocycles. The van der Waals surface area contributed by atoms with Crippen molar-refractivity contribution in [2.24, 2.45) is 0 Å². The van der Waals surface area contributed by atoms with Crippen molar-refractivity contribution in [2.45, 2.75) is 11.3 Å². The van der Waals surface area contributed by atoms with Gasteiger partial charge in [-0.25, -0.2) is 9.49 Å². The van der Waals surface area contributed by atoms with Gasteiger partial charge in [0.15, 0.2) is 0 Å². The van der Waals surface area contributed by atoms with E-state index in [1.54, 1.807) is 17.0 Å². The average molecular weight is 337 g/mol. The number of hydrogen-bond acceptors (Lipinski definition) is 6. The Morgan fingerprint density at radius 2 is 2.26 bits per heavy atom. The number of anilines is 1. The summed E-state index contributed by atoms with van der Waals surface area (Å²) < 4.78 is 18.7. The Morgan fingerprint density at radius 3 is 2.96 bits per heavy atom. The van der Waals surface area contributed by atoms with Gasteiger partial charge in [0.2, 0.25) is 17.0 Å². The molecule has 1 aliphatic rings. The Hall–Kier alpha value is -2.13. The minimum absolute atomic E-state index is 0.0196. The van der Waals surface area contributed by atoms with Crippen LogP contribution in [0.3, 0.4) is 0 Å². The van der Waals surface area contributed by atoms with E-state index in [-0.39, 0.29) is 29.5 Å². The van der Waals surface area contributed by atoms with Crippen LogP contribution in [0.1, 0.15) is 11.7 Å². The van der Waals surface area contributed by atoms with Crippen LogP contribution in [0.2, 0.25) is 0 Å². The number of rotatable bonds is 4. The minimum atomic E-state index is -0.292. The van der Waals surface area contributed by atoms with Crippen LogP contribution in [-0.2, 0) is 9.53 Å². The first-order chi connectivity index (χ1) is 11.1. The van der Waals surface area contributed by atoms with E-state index in [0.29, 0.717) is 24.9 Å². The molecule has 0 bridgehead atoms. The van der Waals surface area contributed by atoms with Crippen LogP contribution in [0.5, 0.6) is 0 Å². The van der Waals surface area contributed by atoms with Gasteiger partial charge in [-0.1, -0.05) is 23.9 Å². The van der Waals surface area contributed by atoms with Crippen molar-refractivity contribution < 1.29 is 13.9 Å². The monoisotopic (exact) mass is 337 g/mol. The molecule has 1 aromatic carbocycles. The molecule has 0 spiro atoms. The van der Waals surface area contributed by atoms with Crippen LogP contribution in [0.25, 0.3) is 0 Å². The fraction of sp³-hybridized carbons (Fsp3) is 0.357. The van der Waals surface area contributed by atoms with Gasteiger partial charge in [-0.05, 0) is 17.7 Å². The Bertz CT molecular complexity index is 678. The van der Waals surface area contributed by atoms with Crippen LogP contribution < -0.4 is 5.73 Å². The highest BCUT2D eigenvalue weighted by molar-refractivity contribution is 7.99. The summed E-state index contributed by atoms with van der Waals surface area (Å²) in [5.74, 6) is 0.143. The Kier molecular flexibility index (Phi) is 4.77. The number of aromatic nitrogens is 3. The summed E-state index contributed by atoms with van der Waals surface area (Å²) in [7, 11) is 0. The number of halogens is 1. The fourth-order valence-electron chi connectivity index (χ4n) is 2.30. The number of nitrogen functional groups attached to an aromatic ring is 1. The molecule has 0 saturated carbocycles. The number of carbonyl (C=O) groups excluding carboxylic acids is 1. The first kappa shape index (κ1) is 15.8. The van der Waals surface area contributed by atoms with Crippen LogP contribution in [-0.4, -0.2) is 51.4 Å². The SMILES string of the molecule is Nc1nc(SCC(=O)N2CCOC(c3ccc(F)cc3)C2)n[nH]1. The lowest BCUT2D eigenvalue weighted by Crippen LogP contribution is -2.43. The molecule has 122 valence electrons. The number of H-pyrrole nitrogens is 1. The number of aromatic amines is 1. The van der Waals surface area contributed by atoms with Crippen molar-refractivity contribution in [3.05, 3.63) is 35.6 Å². The van der Waals surface area contributed by atoms with Gasteiger partial charge < -0.3 is 15.4 Å². The molecule has 7 nitrogen and oxygen atoms in total. The molecule has 1 atom stereocenters. The van der Waals surface area contributed by atoms with E-state index >= 15 is 0 Å². The van der Waals surface area contributed by atoms with Gasteiger partial charge in [-0.15, -0.1) is 5.10 Å². The van der Waals surface area contributed by atoms with Crippen LogP contribution in [0.15, 0.2) is 29.4 Å².